The monoisotopic (exact) mass is 235 g/mol. The summed E-state index contributed by atoms with van der Waals surface area (Å²) in [5, 5.41) is 8.91. The number of nitrogens with zero attached hydrogens (tertiary/aromatic N) is 1. The van der Waals surface area contributed by atoms with Crippen LogP contribution in [0.3, 0.4) is 0 Å². The van der Waals surface area contributed by atoms with Crippen LogP contribution >= 0.6 is 0 Å². The number of aryl methyl sites for hydroxylation is 1. The number of carboxylic acids is 1. The van der Waals surface area contributed by atoms with E-state index in [9.17, 15) is 4.79 Å². The minimum atomic E-state index is -0.877. The van der Waals surface area contributed by atoms with Gasteiger partial charge in [0.25, 0.3) is 0 Å². The molecule has 0 amide bonds. The summed E-state index contributed by atoms with van der Waals surface area (Å²) in [6.45, 7) is 9.43. The van der Waals surface area contributed by atoms with E-state index in [0.29, 0.717) is 5.56 Å². The van der Waals surface area contributed by atoms with Gasteiger partial charge in [0.15, 0.2) is 0 Å². The van der Waals surface area contributed by atoms with Gasteiger partial charge in [-0.1, -0.05) is 20.8 Å². The number of carbonyl (C=O) groups is 1. The first-order chi connectivity index (χ1) is 7.70. The molecule has 0 bridgehead atoms. The highest BCUT2D eigenvalue weighted by Crippen LogP contribution is 2.24. The largest absolute Gasteiger partial charge is 0.478 e. The molecule has 17 heavy (non-hydrogen) atoms. The standard InChI is InChI=1S/C14H21NO2/c1-10-8-11(13(16)17)6-7-12(10)15(5)9-14(2,3)4/h6-8H,9H2,1-5H3,(H,16,17). The Bertz CT molecular complexity index is 419. The highest BCUT2D eigenvalue weighted by atomic mass is 16.4. The number of hydrogen-bond acceptors (Lipinski definition) is 2. The van der Waals surface area contributed by atoms with E-state index in [1.54, 1.807) is 12.1 Å². The third-order valence-corrected chi connectivity index (χ3v) is 2.57. The Morgan fingerprint density at radius 3 is 2.35 bits per heavy atom. The Hall–Kier alpha value is -1.51. The maximum atomic E-state index is 10.8. The van der Waals surface area contributed by atoms with Gasteiger partial charge in [-0.05, 0) is 36.1 Å². The highest BCUT2D eigenvalue weighted by molar-refractivity contribution is 5.88. The molecule has 1 aromatic rings. The van der Waals surface area contributed by atoms with E-state index in [1.807, 2.05) is 20.0 Å². The van der Waals surface area contributed by atoms with Crippen LogP contribution in [0.5, 0.6) is 0 Å². The van der Waals surface area contributed by atoms with Gasteiger partial charge >= 0.3 is 5.97 Å². The lowest BCUT2D eigenvalue weighted by Gasteiger charge is -2.29. The first kappa shape index (κ1) is 13.6. The van der Waals surface area contributed by atoms with Crippen LogP contribution in [0.1, 0.15) is 36.7 Å². The van der Waals surface area contributed by atoms with Crippen molar-refractivity contribution in [2.45, 2.75) is 27.7 Å². The Balaban J connectivity index is 2.96. The molecule has 0 saturated carbocycles. The van der Waals surface area contributed by atoms with Crippen molar-refractivity contribution in [3.63, 3.8) is 0 Å². The van der Waals surface area contributed by atoms with Crippen molar-refractivity contribution in [1.29, 1.82) is 0 Å². The zero-order valence-corrected chi connectivity index (χ0v) is 11.2. The summed E-state index contributed by atoms with van der Waals surface area (Å²) in [4.78, 5) is 13.0. The number of rotatable bonds is 3. The van der Waals surface area contributed by atoms with Gasteiger partial charge in [-0.25, -0.2) is 4.79 Å². The molecule has 0 aliphatic heterocycles. The molecule has 0 saturated heterocycles. The van der Waals surface area contributed by atoms with E-state index in [2.05, 4.69) is 25.7 Å². The van der Waals surface area contributed by atoms with Gasteiger partial charge in [0.2, 0.25) is 0 Å². The van der Waals surface area contributed by atoms with Crippen LogP contribution in [0.15, 0.2) is 18.2 Å². The quantitative estimate of drug-likeness (QED) is 0.874. The summed E-state index contributed by atoms with van der Waals surface area (Å²) in [6.07, 6.45) is 0. The van der Waals surface area contributed by atoms with Crippen LogP contribution in [0.25, 0.3) is 0 Å². The average molecular weight is 235 g/mol. The third kappa shape index (κ3) is 3.77. The van der Waals surface area contributed by atoms with Gasteiger partial charge in [-0.2, -0.15) is 0 Å². The zero-order chi connectivity index (χ0) is 13.2. The number of benzene rings is 1. The van der Waals surface area contributed by atoms with Gasteiger partial charge in [0.05, 0.1) is 5.56 Å². The number of hydrogen-bond donors (Lipinski definition) is 1. The van der Waals surface area contributed by atoms with Gasteiger partial charge < -0.3 is 10.0 Å². The van der Waals surface area contributed by atoms with Gasteiger partial charge in [-0.3, -0.25) is 0 Å². The van der Waals surface area contributed by atoms with Crippen molar-refractivity contribution in [3.05, 3.63) is 29.3 Å². The number of carboxylic acid groups (broad SMARTS) is 1. The van der Waals surface area contributed by atoms with Crippen LogP contribution in [-0.2, 0) is 0 Å². The van der Waals surface area contributed by atoms with E-state index in [0.717, 1.165) is 17.8 Å². The molecule has 0 radical (unpaired) electrons. The first-order valence-electron chi connectivity index (χ1n) is 5.76. The molecule has 0 spiro atoms. The summed E-state index contributed by atoms with van der Waals surface area (Å²) in [5.74, 6) is -0.877. The lowest BCUT2D eigenvalue weighted by Crippen LogP contribution is -2.29. The van der Waals surface area contributed by atoms with Crippen LogP contribution < -0.4 is 4.90 Å². The van der Waals surface area contributed by atoms with E-state index < -0.39 is 5.97 Å². The average Bonchev–Trinajstić information content (AvgIpc) is 2.14. The molecule has 0 aliphatic rings. The fourth-order valence-corrected chi connectivity index (χ4v) is 2.01. The smallest absolute Gasteiger partial charge is 0.335 e. The predicted octanol–water partition coefficient (Wildman–Crippen LogP) is 3.18. The van der Waals surface area contributed by atoms with Crippen molar-refractivity contribution >= 4 is 11.7 Å². The molecule has 0 heterocycles. The van der Waals surface area contributed by atoms with Crippen molar-refractivity contribution < 1.29 is 9.90 Å². The fourth-order valence-electron chi connectivity index (χ4n) is 2.01. The second-order valence-electron chi connectivity index (χ2n) is 5.72. The van der Waals surface area contributed by atoms with Gasteiger partial charge in [-0.15, -0.1) is 0 Å². The Labute approximate surface area is 103 Å². The molecule has 1 N–H and O–H groups in total. The Morgan fingerprint density at radius 2 is 1.94 bits per heavy atom. The Kier molecular flexibility index (Phi) is 3.81. The van der Waals surface area contributed by atoms with Crippen LogP contribution in [0, 0.1) is 12.3 Å². The highest BCUT2D eigenvalue weighted by Gasteiger charge is 2.15. The second-order valence-corrected chi connectivity index (χ2v) is 5.72. The van der Waals surface area contributed by atoms with Crippen molar-refractivity contribution in [1.82, 2.24) is 0 Å². The molecule has 94 valence electrons. The van der Waals surface area contributed by atoms with Crippen molar-refractivity contribution in [3.8, 4) is 0 Å². The minimum Gasteiger partial charge on any atom is -0.478 e. The summed E-state index contributed by atoms with van der Waals surface area (Å²) in [6, 6.07) is 5.26. The molecule has 0 atom stereocenters. The normalized spacial score (nSPS) is 11.4. The van der Waals surface area contributed by atoms with Gasteiger partial charge in [0.1, 0.15) is 0 Å². The Morgan fingerprint density at radius 1 is 1.35 bits per heavy atom. The zero-order valence-electron chi connectivity index (χ0n) is 11.2. The lowest BCUT2D eigenvalue weighted by atomic mass is 9.95. The van der Waals surface area contributed by atoms with Crippen LogP contribution in [0.2, 0.25) is 0 Å². The minimum absolute atomic E-state index is 0.215. The molecule has 0 aromatic heterocycles. The number of aromatic carboxylic acids is 1. The predicted molar refractivity (Wildman–Crippen MR) is 70.9 cm³/mol. The maximum absolute atomic E-state index is 10.8. The molecule has 1 rings (SSSR count). The molecular formula is C14H21NO2. The maximum Gasteiger partial charge on any atom is 0.335 e. The topological polar surface area (TPSA) is 40.5 Å². The van der Waals surface area contributed by atoms with Crippen LogP contribution in [-0.4, -0.2) is 24.7 Å². The van der Waals surface area contributed by atoms with E-state index >= 15 is 0 Å². The van der Waals surface area contributed by atoms with Crippen LogP contribution in [0.4, 0.5) is 5.69 Å². The van der Waals surface area contributed by atoms with E-state index in [4.69, 9.17) is 5.11 Å². The van der Waals surface area contributed by atoms with Crippen molar-refractivity contribution in [2.75, 3.05) is 18.5 Å². The van der Waals surface area contributed by atoms with E-state index in [-0.39, 0.29) is 5.41 Å². The fraction of sp³-hybridized carbons (Fsp3) is 0.500. The van der Waals surface area contributed by atoms with Crippen molar-refractivity contribution in [2.24, 2.45) is 5.41 Å². The SMILES string of the molecule is Cc1cc(C(=O)O)ccc1N(C)CC(C)(C)C. The molecule has 3 nitrogen and oxygen atoms in total. The summed E-state index contributed by atoms with van der Waals surface area (Å²) < 4.78 is 0. The molecule has 3 heteroatoms. The molecular weight excluding hydrogens is 214 g/mol. The van der Waals surface area contributed by atoms with Gasteiger partial charge in [0, 0.05) is 19.3 Å². The lowest BCUT2D eigenvalue weighted by molar-refractivity contribution is 0.0697. The molecule has 0 fully saturated rings. The molecule has 0 unspecified atom stereocenters. The third-order valence-electron chi connectivity index (χ3n) is 2.57. The number of anilines is 1. The molecule has 0 aliphatic carbocycles. The summed E-state index contributed by atoms with van der Waals surface area (Å²) in [7, 11) is 2.04. The summed E-state index contributed by atoms with van der Waals surface area (Å²) >= 11 is 0. The summed E-state index contributed by atoms with van der Waals surface area (Å²) in [5.41, 5.74) is 2.64. The van der Waals surface area contributed by atoms with E-state index in [1.165, 1.54) is 0 Å². The second kappa shape index (κ2) is 4.78. The first-order valence-corrected chi connectivity index (χ1v) is 5.76. The molecule has 1 aromatic carbocycles.